The van der Waals surface area contributed by atoms with Gasteiger partial charge in [0.2, 0.25) is 5.82 Å². The SMILES string of the molecule is Cc1nc(C(=O)N[C@@H]2CCCC[C@H]2N)n[nH]1. The van der Waals surface area contributed by atoms with Crippen molar-refractivity contribution in [2.24, 2.45) is 5.73 Å². The highest BCUT2D eigenvalue weighted by Gasteiger charge is 2.24. The molecule has 4 N–H and O–H groups in total. The van der Waals surface area contributed by atoms with Crippen LogP contribution in [0.15, 0.2) is 0 Å². The summed E-state index contributed by atoms with van der Waals surface area (Å²) in [4.78, 5) is 15.7. The highest BCUT2D eigenvalue weighted by atomic mass is 16.2. The second kappa shape index (κ2) is 4.61. The van der Waals surface area contributed by atoms with Crippen molar-refractivity contribution in [1.82, 2.24) is 20.5 Å². The van der Waals surface area contributed by atoms with E-state index in [9.17, 15) is 4.79 Å². The third-order valence-corrected chi connectivity index (χ3v) is 2.94. The van der Waals surface area contributed by atoms with E-state index in [1.807, 2.05) is 0 Å². The highest BCUT2D eigenvalue weighted by molar-refractivity contribution is 5.90. The third kappa shape index (κ3) is 2.38. The minimum Gasteiger partial charge on any atom is -0.345 e. The molecule has 0 unspecified atom stereocenters. The van der Waals surface area contributed by atoms with Crippen molar-refractivity contribution < 1.29 is 4.79 Å². The van der Waals surface area contributed by atoms with Crippen LogP contribution in [0.25, 0.3) is 0 Å². The Labute approximate surface area is 94.0 Å². The van der Waals surface area contributed by atoms with Crippen LogP contribution in [0, 0.1) is 6.92 Å². The second-order valence-corrected chi connectivity index (χ2v) is 4.27. The molecule has 0 spiro atoms. The molecular formula is C10H17N5O. The van der Waals surface area contributed by atoms with E-state index < -0.39 is 0 Å². The molecule has 1 aromatic rings. The number of carbonyl (C=O) groups is 1. The molecule has 6 nitrogen and oxygen atoms in total. The summed E-state index contributed by atoms with van der Waals surface area (Å²) in [6.07, 6.45) is 4.17. The van der Waals surface area contributed by atoms with Crippen molar-refractivity contribution in [1.29, 1.82) is 0 Å². The molecule has 1 aromatic heterocycles. The van der Waals surface area contributed by atoms with Crippen molar-refractivity contribution >= 4 is 5.91 Å². The summed E-state index contributed by atoms with van der Waals surface area (Å²) in [6.45, 7) is 1.76. The van der Waals surface area contributed by atoms with Gasteiger partial charge in [0.05, 0.1) is 0 Å². The average molecular weight is 223 g/mol. The van der Waals surface area contributed by atoms with E-state index in [4.69, 9.17) is 5.73 Å². The molecule has 6 heteroatoms. The lowest BCUT2D eigenvalue weighted by molar-refractivity contribution is 0.0911. The van der Waals surface area contributed by atoms with Gasteiger partial charge in [-0.1, -0.05) is 12.8 Å². The van der Waals surface area contributed by atoms with Gasteiger partial charge >= 0.3 is 0 Å². The molecule has 0 aromatic carbocycles. The lowest BCUT2D eigenvalue weighted by atomic mass is 9.91. The summed E-state index contributed by atoms with van der Waals surface area (Å²) in [5.41, 5.74) is 5.95. The fourth-order valence-electron chi connectivity index (χ4n) is 2.02. The zero-order valence-electron chi connectivity index (χ0n) is 9.36. The number of nitrogens with two attached hydrogens (primary N) is 1. The van der Waals surface area contributed by atoms with Gasteiger partial charge in [-0.05, 0) is 19.8 Å². The molecule has 1 fully saturated rings. The first-order valence-corrected chi connectivity index (χ1v) is 5.62. The molecule has 1 heterocycles. The average Bonchev–Trinajstić information content (AvgIpc) is 2.68. The number of carbonyl (C=O) groups excluding carboxylic acids is 1. The second-order valence-electron chi connectivity index (χ2n) is 4.27. The Hall–Kier alpha value is -1.43. The van der Waals surface area contributed by atoms with Crippen molar-refractivity contribution in [3.05, 3.63) is 11.6 Å². The van der Waals surface area contributed by atoms with E-state index in [-0.39, 0.29) is 23.8 Å². The third-order valence-electron chi connectivity index (χ3n) is 2.94. The van der Waals surface area contributed by atoms with Gasteiger partial charge in [0.1, 0.15) is 5.82 Å². The fourth-order valence-corrected chi connectivity index (χ4v) is 2.02. The largest absolute Gasteiger partial charge is 0.345 e. The van der Waals surface area contributed by atoms with Crippen molar-refractivity contribution in [3.63, 3.8) is 0 Å². The summed E-state index contributed by atoms with van der Waals surface area (Å²) < 4.78 is 0. The number of H-pyrrole nitrogens is 1. The Bertz CT molecular complexity index is 375. The van der Waals surface area contributed by atoms with E-state index in [0.717, 1.165) is 25.7 Å². The number of hydrogen-bond donors (Lipinski definition) is 3. The van der Waals surface area contributed by atoms with Gasteiger partial charge in [0.15, 0.2) is 0 Å². The molecule has 1 saturated carbocycles. The summed E-state index contributed by atoms with van der Waals surface area (Å²) in [5, 5.41) is 9.35. The van der Waals surface area contributed by atoms with E-state index in [2.05, 4.69) is 20.5 Å². The van der Waals surface area contributed by atoms with Crippen LogP contribution in [0.4, 0.5) is 0 Å². The fraction of sp³-hybridized carbons (Fsp3) is 0.700. The number of amides is 1. The number of nitrogens with one attached hydrogen (secondary N) is 2. The quantitative estimate of drug-likeness (QED) is 0.663. The van der Waals surface area contributed by atoms with E-state index in [1.165, 1.54) is 0 Å². The Morgan fingerprint density at radius 2 is 2.25 bits per heavy atom. The zero-order valence-corrected chi connectivity index (χ0v) is 9.36. The predicted octanol–water partition coefficient (Wildman–Crippen LogP) is 0.113. The normalized spacial score (nSPS) is 25.4. The molecular weight excluding hydrogens is 206 g/mol. The summed E-state index contributed by atoms with van der Waals surface area (Å²) >= 11 is 0. The smallest absolute Gasteiger partial charge is 0.291 e. The number of aryl methyl sites for hydroxylation is 1. The topological polar surface area (TPSA) is 96.7 Å². The first-order chi connectivity index (χ1) is 7.66. The summed E-state index contributed by atoms with van der Waals surface area (Å²) in [7, 11) is 0. The number of rotatable bonds is 2. The van der Waals surface area contributed by atoms with Crippen molar-refractivity contribution in [3.8, 4) is 0 Å². The summed E-state index contributed by atoms with van der Waals surface area (Å²) in [5.74, 6) is 0.583. The van der Waals surface area contributed by atoms with Crippen LogP contribution in [0.1, 0.15) is 42.1 Å². The number of aromatic nitrogens is 3. The Morgan fingerprint density at radius 3 is 2.88 bits per heavy atom. The molecule has 0 bridgehead atoms. The predicted molar refractivity (Wildman–Crippen MR) is 58.8 cm³/mol. The lowest BCUT2D eigenvalue weighted by Gasteiger charge is -2.28. The van der Waals surface area contributed by atoms with Crippen LogP contribution in [0.3, 0.4) is 0 Å². The number of aromatic amines is 1. The van der Waals surface area contributed by atoms with E-state index in [0.29, 0.717) is 5.82 Å². The van der Waals surface area contributed by atoms with Crippen LogP contribution >= 0.6 is 0 Å². The molecule has 88 valence electrons. The first kappa shape index (κ1) is 11.1. The van der Waals surface area contributed by atoms with Gasteiger partial charge < -0.3 is 11.1 Å². The Balaban J connectivity index is 1.96. The van der Waals surface area contributed by atoms with Gasteiger partial charge in [-0.2, -0.15) is 0 Å². The van der Waals surface area contributed by atoms with Gasteiger partial charge in [0.25, 0.3) is 5.91 Å². The minimum atomic E-state index is -0.244. The molecule has 0 radical (unpaired) electrons. The standard InChI is InChI=1S/C10H17N5O/c1-6-12-9(15-14-6)10(16)13-8-5-3-2-4-7(8)11/h7-8H,2-5,11H2,1H3,(H,13,16)(H,12,14,15)/t7-,8-/m1/s1. The summed E-state index contributed by atoms with van der Waals surface area (Å²) in [6, 6.07) is 0.109. The van der Waals surface area contributed by atoms with Gasteiger partial charge in [-0.15, -0.1) is 5.10 Å². The van der Waals surface area contributed by atoms with Gasteiger partial charge in [-0.3, -0.25) is 9.89 Å². The molecule has 2 rings (SSSR count). The highest BCUT2D eigenvalue weighted by Crippen LogP contribution is 2.16. The molecule has 0 aliphatic heterocycles. The minimum absolute atomic E-state index is 0.0535. The van der Waals surface area contributed by atoms with E-state index >= 15 is 0 Å². The molecule has 1 aliphatic rings. The van der Waals surface area contributed by atoms with E-state index in [1.54, 1.807) is 6.92 Å². The maximum Gasteiger partial charge on any atom is 0.291 e. The molecule has 1 amide bonds. The van der Waals surface area contributed by atoms with Crippen LogP contribution in [0.2, 0.25) is 0 Å². The Kier molecular flexibility index (Phi) is 3.19. The maximum atomic E-state index is 11.8. The maximum absolute atomic E-state index is 11.8. The molecule has 16 heavy (non-hydrogen) atoms. The van der Waals surface area contributed by atoms with Gasteiger partial charge in [0, 0.05) is 12.1 Å². The van der Waals surface area contributed by atoms with Crippen LogP contribution in [0.5, 0.6) is 0 Å². The number of hydrogen-bond acceptors (Lipinski definition) is 4. The molecule has 1 aliphatic carbocycles. The van der Waals surface area contributed by atoms with Gasteiger partial charge in [-0.25, -0.2) is 4.98 Å². The molecule has 0 saturated heterocycles. The van der Waals surface area contributed by atoms with Crippen LogP contribution < -0.4 is 11.1 Å². The monoisotopic (exact) mass is 223 g/mol. The number of nitrogens with zero attached hydrogens (tertiary/aromatic N) is 2. The van der Waals surface area contributed by atoms with Crippen LogP contribution in [-0.4, -0.2) is 33.2 Å². The molecule has 2 atom stereocenters. The first-order valence-electron chi connectivity index (χ1n) is 5.62. The lowest BCUT2D eigenvalue weighted by Crippen LogP contribution is -2.49. The van der Waals surface area contributed by atoms with Crippen LogP contribution in [-0.2, 0) is 0 Å². The van der Waals surface area contributed by atoms with Crippen molar-refractivity contribution in [2.45, 2.75) is 44.7 Å². The Morgan fingerprint density at radius 1 is 1.50 bits per heavy atom. The zero-order chi connectivity index (χ0) is 11.5. The van der Waals surface area contributed by atoms with Crippen molar-refractivity contribution in [2.75, 3.05) is 0 Å².